The Labute approximate surface area is 148 Å². The number of halogens is 3. The van der Waals surface area contributed by atoms with Crippen LogP contribution in [0.5, 0.6) is 0 Å². The lowest BCUT2D eigenvalue weighted by Crippen LogP contribution is -2.48. The molecule has 3 atom stereocenters. The second-order valence-corrected chi connectivity index (χ2v) is 7.28. The first-order valence-electron chi connectivity index (χ1n) is 6.58. The van der Waals surface area contributed by atoms with Crippen LogP contribution in [-0.2, 0) is 24.7 Å². The van der Waals surface area contributed by atoms with Crippen molar-refractivity contribution in [1.29, 1.82) is 0 Å². The van der Waals surface area contributed by atoms with Crippen molar-refractivity contribution in [2.75, 3.05) is 13.2 Å². The fraction of sp³-hybridized carbons (Fsp3) is 0.429. The molecule has 0 bridgehead atoms. The highest BCUT2D eigenvalue weighted by molar-refractivity contribution is 14.1. The van der Waals surface area contributed by atoms with Crippen molar-refractivity contribution in [3.63, 3.8) is 0 Å². The Hall–Kier alpha value is -0.580. The van der Waals surface area contributed by atoms with E-state index in [4.69, 9.17) is 9.57 Å². The minimum absolute atomic E-state index is 0.0179. The molecule has 1 aromatic carbocycles. The van der Waals surface area contributed by atoms with Crippen molar-refractivity contribution in [2.45, 2.75) is 18.6 Å². The maximum Gasteiger partial charge on any atom is 0.243 e. The zero-order chi connectivity index (χ0) is 16.1. The van der Waals surface area contributed by atoms with Crippen LogP contribution in [-0.4, -0.2) is 34.1 Å². The Morgan fingerprint density at radius 3 is 2.86 bits per heavy atom. The molecule has 1 aromatic rings. The molecule has 0 radical (unpaired) electrons. The van der Waals surface area contributed by atoms with E-state index >= 15 is 0 Å². The van der Waals surface area contributed by atoms with Gasteiger partial charge in [-0.25, -0.2) is 9.45 Å². The number of rotatable bonds is 2. The van der Waals surface area contributed by atoms with Crippen molar-refractivity contribution in [2.24, 2.45) is 5.92 Å². The molecule has 2 saturated heterocycles. The molecule has 8 heteroatoms. The van der Waals surface area contributed by atoms with Crippen molar-refractivity contribution >= 4 is 48.2 Å². The lowest BCUT2D eigenvalue weighted by Gasteiger charge is -2.35. The third-order valence-corrected chi connectivity index (χ3v) is 5.22. The molecule has 2 heterocycles. The van der Waals surface area contributed by atoms with E-state index in [1.807, 2.05) is 0 Å². The quantitative estimate of drug-likeness (QED) is 0.479. The lowest BCUT2D eigenvalue weighted by atomic mass is 9.78. The van der Waals surface area contributed by atoms with Crippen LogP contribution in [0, 0.1) is 11.7 Å². The molecule has 1 amide bonds. The Morgan fingerprint density at radius 1 is 1.50 bits per heavy atom. The third-order valence-electron chi connectivity index (χ3n) is 4.11. The van der Waals surface area contributed by atoms with Gasteiger partial charge in [0.1, 0.15) is 17.5 Å². The first kappa shape index (κ1) is 16.3. The van der Waals surface area contributed by atoms with E-state index in [-0.39, 0.29) is 22.9 Å². The fourth-order valence-electron chi connectivity index (χ4n) is 3.21. The standard InChI is InChI=1S/C14H12BrFINO4/c1-7(19)18-14(9-4-8(15)2-3-11(9)16)6-21-12(13(17)20)10(14)5-22-18/h2-4,10,12H,5-6H2,1H3/t10-,12+,14-/m1/s1. The summed E-state index contributed by atoms with van der Waals surface area (Å²) in [5, 5.41) is 1.15. The average molecular weight is 484 g/mol. The van der Waals surface area contributed by atoms with Crippen LogP contribution in [0.2, 0.25) is 0 Å². The molecule has 0 saturated carbocycles. The third kappa shape index (κ3) is 2.31. The first-order chi connectivity index (χ1) is 10.4. The Bertz CT molecular complexity index is 658. The van der Waals surface area contributed by atoms with Crippen LogP contribution in [0.4, 0.5) is 4.39 Å². The maximum absolute atomic E-state index is 14.5. The highest BCUT2D eigenvalue weighted by atomic mass is 127. The largest absolute Gasteiger partial charge is 0.366 e. The Morgan fingerprint density at radius 2 is 2.23 bits per heavy atom. The normalized spacial score (nSPS) is 30.5. The zero-order valence-corrected chi connectivity index (χ0v) is 15.3. The Kier molecular flexibility index (Phi) is 4.30. The van der Waals surface area contributed by atoms with Gasteiger partial charge in [-0.2, -0.15) is 0 Å². The van der Waals surface area contributed by atoms with Crippen molar-refractivity contribution in [1.82, 2.24) is 5.06 Å². The zero-order valence-electron chi connectivity index (χ0n) is 11.5. The molecular formula is C14H12BrFINO4. The van der Waals surface area contributed by atoms with Gasteiger partial charge in [0.25, 0.3) is 0 Å². The van der Waals surface area contributed by atoms with E-state index in [0.29, 0.717) is 10.0 Å². The molecule has 0 aromatic heterocycles. The second kappa shape index (κ2) is 5.81. The van der Waals surface area contributed by atoms with E-state index in [2.05, 4.69) is 15.9 Å². The molecule has 2 aliphatic heterocycles. The monoisotopic (exact) mass is 483 g/mol. The molecule has 3 rings (SSSR count). The number of benzene rings is 1. The van der Waals surface area contributed by atoms with Gasteiger partial charge in [-0.15, -0.1) is 0 Å². The van der Waals surface area contributed by atoms with Crippen LogP contribution in [0.25, 0.3) is 0 Å². The number of amides is 1. The van der Waals surface area contributed by atoms with E-state index in [1.54, 1.807) is 34.7 Å². The van der Waals surface area contributed by atoms with E-state index in [0.717, 1.165) is 5.06 Å². The SMILES string of the molecule is CC(=O)N1OC[C@@H]2[C@@H](C(=O)I)OC[C@@]21c1cc(Br)ccc1F. The average Bonchev–Trinajstić information content (AvgIpc) is 2.98. The van der Waals surface area contributed by atoms with Crippen molar-refractivity contribution in [3.8, 4) is 0 Å². The van der Waals surface area contributed by atoms with Gasteiger partial charge >= 0.3 is 0 Å². The number of hydroxylamine groups is 2. The van der Waals surface area contributed by atoms with Crippen LogP contribution in [0.3, 0.4) is 0 Å². The van der Waals surface area contributed by atoms with Crippen molar-refractivity contribution < 1.29 is 23.6 Å². The topological polar surface area (TPSA) is 55.8 Å². The number of carbonyl (C=O) groups excluding carboxylic acids is 2. The molecule has 0 unspecified atom stereocenters. The van der Waals surface area contributed by atoms with Crippen LogP contribution >= 0.6 is 38.5 Å². The highest BCUT2D eigenvalue weighted by Crippen LogP contribution is 2.50. The van der Waals surface area contributed by atoms with Gasteiger partial charge in [-0.3, -0.25) is 14.4 Å². The molecule has 0 N–H and O–H groups in total. The number of fused-ring (bicyclic) bond motifs is 1. The summed E-state index contributed by atoms with van der Waals surface area (Å²) in [7, 11) is 0. The molecule has 118 valence electrons. The fourth-order valence-corrected chi connectivity index (χ4v) is 4.18. The van der Waals surface area contributed by atoms with Gasteiger partial charge in [0.05, 0.1) is 19.1 Å². The van der Waals surface area contributed by atoms with Gasteiger partial charge in [-0.05, 0) is 18.2 Å². The number of ether oxygens (including phenoxy) is 1. The summed E-state index contributed by atoms with van der Waals surface area (Å²) in [5.41, 5.74) is -0.828. The van der Waals surface area contributed by atoms with E-state index in [1.165, 1.54) is 13.0 Å². The first-order valence-corrected chi connectivity index (χ1v) is 8.45. The molecule has 0 spiro atoms. The summed E-state index contributed by atoms with van der Waals surface area (Å²) in [4.78, 5) is 29.2. The van der Waals surface area contributed by atoms with Crippen LogP contribution in [0.15, 0.2) is 22.7 Å². The molecular weight excluding hydrogens is 472 g/mol. The predicted octanol–water partition coefficient (Wildman–Crippen LogP) is 2.55. The van der Waals surface area contributed by atoms with Gasteiger partial charge in [0, 0.05) is 39.6 Å². The minimum atomic E-state index is -1.12. The summed E-state index contributed by atoms with van der Waals surface area (Å²) in [6.07, 6.45) is -0.719. The summed E-state index contributed by atoms with van der Waals surface area (Å²) < 4.78 is 20.6. The summed E-state index contributed by atoms with van der Waals surface area (Å²) in [6.45, 7) is 1.49. The van der Waals surface area contributed by atoms with Crippen molar-refractivity contribution in [3.05, 3.63) is 34.1 Å². The molecule has 2 fully saturated rings. The molecule has 22 heavy (non-hydrogen) atoms. The van der Waals surface area contributed by atoms with E-state index in [9.17, 15) is 14.0 Å². The predicted molar refractivity (Wildman–Crippen MR) is 86.5 cm³/mol. The molecule has 0 aliphatic carbocycles. The number of carbonyl (C=O) groups is 2. The van der Waals surface area contributed by atoms with Crippen LogP contribution < -0.4 is 0 Å². The van der Waals surface area contributed by atoms with E-state index < -0.39 is 23.4 Å². The maximum atomic E-state index is 14.5. The lowest BCUT2D eigenvalue weighted by molar-refractivity contribution is -0.193. The smallest absolute Gasteiger partial charge is 0.243 e. The number of nitrogens with zero attached hydrogens (tertiary/aromatic N) is 1. The summed E-state index contributed by atoms with van der Waals surface area (Å²) in [6, 6.07) is 4.51. The summed E-state index contributed by atoms with van der Waals surface area (Å²) in [5.74, 6) is -1.26. The van der Waals surface area contributed by atoms with Gasteiger partial charge in [-0.1, -0.05) is 15.9 Å². The molecule has 2 aliphatic rings. The minimum Gasteiger partial charge on any atom is -0.366 e. The summed E-state index contributed by atoms with van der Waals surface area (Å²) >= 11 is 4.98. The van der Waals surface area contributed by atoms with Crippen LogP contribution in [0.1, 0.15) is 12.5 Å². The Balaban J connectivity index is 2.18. The number of hydrogen-bond donors (Lipinski definition) is 0. The highest BCUT2D eigenvalue weighted by Gasteiger charge is 2.63. The number of hydrogen-bond acceptors (Lipinski definition) is 4. The molecule has 5 nitrogen and oxygen atoms in total. The van der Waals surface area contributed by atoms with Gasteiger partial charge in [0.2, 0.25) is 9.70 Å². The second-order valence-electron chi connectivity index (χ2n) is 5.30. The van der Waals surface area contributed by atoms with Gasteiger partial charge < -0.3 is 4.74 Å². The van der Waals surface area contributed by atoms with Gasteiger partial charge in [0.15, 0.2) is 0 Å².